The van der Waals surface area contributed by atoms with E-state index in [9.17, 15) is 9.59 Å². The number of carbonyl (C=O) groups is 1. The summed E-state index contributed by atoms with van der Waals surface area (Å²) in [6.07, 6.45) is 0. The average Bonchev–Trinajstić information content (AvgIpc) is 2.58. The van der Waals surface area contributed by atoms with Gasteiger partial charge in [-0.2, -0.15) is 5.10 Å². The molecule has 0 spiro atoms. The van der Waals surface area contributed by atoms with E-state index in [2.05, 4.69) is 5.10 Å². The highest BCUT2D eigenvalue weighted by Crippen LogP contribution is 2.21. The van der Waals surface area contributed by atoms with E-state index >= 15 is 0 Å². The van der Waals surface area contributed by atoms with E-state index in [1.54, 1.807) is 30.3 Å². The molecule has 0 radical (unpaired) electrons. The van der Waals surface area contributed by atoms with Crippen LogP contribution in [-0.4, -0.2) is 15.7 Å². The van der Waals surface area contributed by atoms with Crippen LogP contribution in [0.3, 0.4) is 0 Å². The van der Waals surface area contributed by atoms with Gasteiger partial charge in [0, 0.05) is 11.9 Å². The van der Waals surface area contributed by atoms with Crippen molar-refractivity contribution in [1.82, 2.24) is 9.78 Å². The second-order valence-corrected chi connectivity index (χ2v) is 5.67. The highest BCUT2D eigenvalue weighted by atomic mass is 16.5. The minimum atomic E-state index is -0.569. The average molecular weight is 322 g/mol. The van der Waals surface area contributed by atoms with Crippen LogP contribution >= 0.6 is 0 Å². The number of benzene rings is 2. The van der Waals surface area contributed by atoms with Gasteiger partial charge in [0.25, 0.3) is 5.56 Å². The fourth-order valence-corrected chi connectivity index (χ4v) is 2.66. The monoisotopic (exact) mass is 322 g/mol. The Morgan fingerprint density at radius 3 is 2.50 bits per heavy atom. The third-order valence-corrected chi connectivity index (χ3v) is 3.89. The van der Waals surface area contributed by atoms with Crippen LogP contribution in [0.5, 0.6) is 5.75 Å². The molecule has 1 heterocycles. The van der Waals surface area contributed by atoms with Crippen LogP contribution in [0, 0.1) is 13.8 Å². The van der Waals surface area contributed by atoms with E-state index in [-0.39, 0.29) is 11.3 Å². The zero-order chi connectivity index (χ0) is 17.3. The third kappa shape index (κ3) is 2.80. The summed E-state index contributed by atoms with van der Waals surface area (Å²) >= 11 is 0. The van der Waals surface area contributed by atoms with Crippen molar-refractivity contribution in [3.8, 4) is 5.75 Å². The molecule has 5 nitrogen and oxygen atoms in total. The lowest BCUT2D eigenvalue weighted by molar-refractivity contribution is 0.0727. The molecule has 0 saturated carbocycles. The van der Waals surface area contributed by atoms with Crippen molar-refractivity contribution in [1.29, 1.82) is 0 Å². The van der Waals surface area contributed by atoms with E-state index in [0.717, 1.165) is 11.1 Å². The topological polar surface area (TPSA) is 61.2 Å². The van der Waals surface area contributed by atoms with Crippen molar-refractivity contribution in [2.75, 3.05) is 0 Å². The van der Waals surface area contributed by atoms with Gasteiger partial charge in [0.1, 0.15) is 5.75 Å². The number of ether oxygens (including phenoxy) is 1. The summed E-state index contributed by atoms with van der Waals surface area (Å²) in [5.74, 6) is -0.0777. The molecular weight excluding hydrogens is 304 g/mol. The first-order valence-corrected chi connectivity index (χ1v) is 7.80. The molecule has 3 rings (SSSR count). The van der Waals surface area contributed by atoms with Crippen LogP contribution < -0.4 is 10.3 Å². The molecule has 0 atom stereocenters. The number of carbonyl (C=O) groups excluding carboxylic acids is 1. The minimum absolute atomic E-state index is 0.145. The Morgan fingerprint density at radius 2 is 1.83 bits per heavy atom. The highest BCUT2D eigenvalue weighted by Gasteiger charge is 2.18. The Morgan fingerprint density at radius 1 is 1.12 bits per heavy atom. The number of nitrogens with zero attached hydrogens (tertiary/aromatic N) is 2. The Kier molecular flexibility index (Phi) is 4.16. The number of aryl methyl sites for hydroxylation is 3. The first kappa shape index (κ1) is 15.9. The molecule has 0 aliphatic heterocycles. The van der Waals surface area contributed by atoms with Gasteiger partial charge in [-0.05, 0) is 38.5 Å². The quantitative estimate of drug-likeness (QED) is 0.548. The summed E-state index contributed by atoms with van der Waals surface area (Å²) in [6, 6.07) is 12.5. The Balaban J connectivity index is 2.10. The molecule has 0 aliphatic carbocycles. The molecule has 2 aromatic carbocycles. The molecule has 24 heavy (non-hydrogen) atoms. The number of aromatic nitrogens is 2. The number of rotatable bonds is 3. The predicted octanol–water partition coefficient (Wildman–Crippen LogP) is 3.25. The molecule has 0 unspecified atom stereocenters. The fourth-order valence-electron chi connectivity index (χ4n) is 2.66. The highest BCUT2D eigenvalue weighted by molar-refractivity contribution is 6.02. The lowest BCUT2D eigenvalue weighted by Gasteiger charge is -2.11. The zero-order valence-corrected chi connectivity index (χ0v) is 13.9. The summed E-state index contributed by atoms with van der Waals surface area (Å²) in [4.78, 5) is 25.0. The van der Waals surface area contributed by atoms with Crippen molar-refractivity contribution in [3.05, 3.63) is 69.6 Å². The summed E-state index contributed by atoms with van der Waals surface area (Å²) in [7, 11) is 0. The van der Waals surface area contributed by atoms with Gasteiger partial charge in [-0.1, -0.05) is 35.9 Å². The largest absolute Gasteiger partial charge is 0.421 e. The van der Waals surface area contributed by atoms with Gasteiger partial charge in [0.15, 0.2) is 5.69 Å². The van der Waals surface area contributed by atoms with Crippen molar-refractivity contribution >= 4 is 16.7 Å². The molecule has 3 aromatic rings. The summed E-state index contributed by atoms with van der Waals surface area (Å²) in [5, 5.41) is 5.15. The number of hydrogen-bond acceptors (Lipinski definition) is 4. The van der Waals surface area contributed by atoms with Gasteiger partial charge in [-0.3, -0.25) is 4.79 Å². The summed E-state index contributed by atoms with van der Waals surface area (Å²) < 4.78 is 6.80. The first-order valence-electron chi connectivity index (χ1n) is 7.80. The summed E-state index contributed by atoms with van der Waals surface area (Å²) in [6.45, 7) is 6.05. The smallest absolute Gasteiger partial charge is 0.364 e. The molecule has 5 heteroatoms. The predicted molar refractivity (Wildman–Crippen MR) is 92.6 cm³/mol. The number of esters is 1. The molecule has 1 aromatic heterocycles. The Hall–Kier alpha value is -2.95. The van der Waals surface area contributed by atoms with Crippen LogP contribution in [0.15, 0.2) is 47.3 Å². The lowest BCUT2D eigenvalue weighted by atomic mass is 10.1. The van der Waals surface area contributed by atoms with Crippen LogP contribution in [0.2, 0.25) is 0 Å². The van der Waals surface area contributed by atoms with Crippen LogP contribution in [-0.2, 0) is 6.54 Å². The third-order valence-electron chi connectivity index (χ3n) is 3.89. The molecule has 0 aliphatic rings. The van der Waals surface area contributed by atoms with E-state index in [0.29, 0.717) is 23.1 Å². The van der Waals surface area contributed by atoms with Crippen LogP contribution in [0.1, 0.15) is 28.5 Å². The maximum atomic E-state index is 12.6. The number of fused-ring (bicyclic) bond motifs is 1. The lowest BCUT2D eigenvalue weighted by Crippen LogP contribution is -2.26. The van der Waals surface area contributed by atoms with E-state index in [1.807, 2.05) is 32.9 Å². The fraction of sp³-hybridized carbons (Fsp3) is 0.211. The normalized spacial score (nSPS) is 10.8. The Bertz CT molecular complexity index is 990. The summed E-state index contributed by atoms with van der Waals surface area (Å²) in [5.41, 5.74) is 1.90. The second-order valence-electron chi connectivity index (χ2n) is 5.67. The van der Waals surface area contributed by atoms with Crippen LogP contribution in [0.25, 0.3) is 10.8 Å². The van der Waals surface area contributed by atoms with Gasteiger partial charge in [-0.15, -0.1) is 0 Å². The van der Waals surface area contributed by atoms with Gasteiger partial charge in [-0.25, -0.2) is 9.48 Å². The van der Waals surface area contributed by atoms with E-state index in [1.165, 1.54) is 4.68 Å². The SMILES string of the molecule is CCn1nc(C(=O)Oc2ccc(C)cc2C)c2ccccc2c1=O. The van der Waals surface area contributed by atoms with Crippen molar-refractivity contribution in [2.45, 2.75) is 27.3 Å². The molecule has 0 N–H and O–H groups in total. The first-order chi connectivity index (χ1) is 11.5. The number of hydrogen-bond donors (Lipinski definition) is 0. The van der Waals surface area contributed by atoms with Crippen molar-refractivity contribution in [2.24, 2.45) is 0 Å². The van der Waals surface area contributed by atoms with E-state index < -0.39 is 5.97 Å². The molecule has 0 saturated heterocycles. The zero-order valence-electron chi connectivity index (χ0n) is 13.9. The van der Waals surface area contributed by atoms with Gasteiger partial charge in [0.05, 0.1) is 5.39 Å². The van der Waals surface area contributed by atoms with Gasteiger partial charge in [0.2, 0.25) is 0 Å². The second kappa shape index (κ2) is 6.28. The van der Waals surface area contributed by atoms with Gasteiger partial charge >= 0.3 is 5.97 Å². The van der Waals surface area contributed by atoms with Crippen molar-refractivity contribution in [3.63, 3.8) is 0 Å². The van der Waals surface area contributed by atoms with E-state index in [4.69, 9.17) is 4.74 Å². The molecule has 0 amide bonds. The molecule has 0 fully saturated rings. The maximum absolute atomic E-state index is 12.6. The maximum Gasteiger partial charge on any atom is 0.364 e. The van der Waals surface area contributed by atoms with Crippen molar-refractivity contribution < 1.29 is 9.53 Å². The molecule has 122 valence electrons. The minimum Gasteiger partial charge on any atom is -0.421 e. The Labute approximate surface area is 139 Å². The van der Waals surface area contributed by atoms with Crippen LogP contribution in [0.4, 0.5) is 0 Å². The molecular formula is C19H18N2O3. The standard InChI is InChI=1S/C19H18N2O3/c1-4-21-18(22)15-8-6-5-7-14(15)17(20-21)19(23)24-16-10-9-12(2)11-13(16)3/h5-11H,4H2,1-3H3. The molecule has 0 bridgehead atoms. The van der Waals surface area contributed by atoms with Gasteiger partial charge < -0.3 is 4.74 Å².